The molecule has 1 heterocycles. The van der Waals surface area contributed by atoms with E-state index in [-0.39, 0.29) is 13.0 Å². The van der Waals surface area contributed by atoms with E-state index in [1.807, 2.05) is 6.07 Å². The highest BCUT2D eigenvalue weighted by atomic mass is 79.9. The molecular formula is C19H20BrN3O6. The Balaban J connectivity index is 1.93. The van der Waals surface area contributed by atoms with E-state index in [4.69, 9.17) is 4.74 Å². The lowest BCUT2D eigenvalue weighted by Gasteiger charge is -2.20. The molecule has 9 nitrogen and oxygen atoms in total. The molecule has 1 aromatic heterocycles. The van der Waals surface area contributed by atoms with Crippen molar-refractivity contribution >= 4 is 33.9 Å². The molecule has 0 radical (unpaired) electrons. The number of hydrogen-bond donors (Lipinski definition) is 4. The van der Waals surface area contributed by atoms with Crippen LogP contribution >= 0.6 is 15.9 Å². The first-order valence-corrected chi connectivity index (χ1v) is 9.40. The van der Waals surface area contributed by atoms with Crippen molar-refractivity contribution in [3.63, 3.8) is 0 Å². The number of aliphatic carboxylic acids is 1. The van der Waals surface area contributed by atoms with Gasteiger partial charge >= 0.3 is 12.1 Å². The van der Waals surface area contributed by atoms with Gasteiger partial charge in [-0.15, -0.1) is 0 Å². The molecule has 0 spiro atoms. The molecule has 0 aliphatic heterocycles. The first-order valence-electron chi connectivity index (χ1n) is 8.61. The van der Waals surface area contributed by atoms with Crippen LogP contribution in [0.3, 0.4) is 0 Å². The highest BCUT2D eigenvalue weighted by molar-refractivity contribution is 9.10. The smallest absolute Gasteiger partial charge is 0.408 e. The molecule has 0 saturated carbocycles. The lowest BCUT2D eigenvalue weighted by atomic mass is 10.1. The fraction of sp³-hybridized carbons (Fsp3) is 0.263. The van der Waals surface area contributed by atoms with Crippen LogP contribution in [0.5, 0.6) is 0 Å². The Kier molecular flexibility index (Phi) is 8.56. The summed E-state index contributed by atoms with van der Waals surface area (Å²) in [5.74, 6) is -2.12. The van der Waals surface area contributed by atoms with Crippen LogP contribution in [0.4, 0.5) is 4.79 Å². The summed E-state index contributed by atoms with van der Waals surface area (Å²) in [6.07, 6.45) is 0.589. The summed E-state index contributed by atoms with van der Waals surface area (Å²) in [5, 5.41) is 23.3. The summed E-state index contributed by atoms with van der Waals surface area (Å²) in [4.78, 5) is 39.8. The van der Waals surface area contributed by atoms with E-state index in [1.54, 1.807) is 36.4 Å². The minimum absolute atomic E-state index is 0.0147. The highest BCUT2D eigenvalue weighted by Gasteiger charge is 2.27. The maximum absolute atomic E-state index is 12.3. The fourth-order valence-corrected chi connectivity index (χ4v) is 2.78. The molecule has 2 amide bonds. The van der Waals surface area contributed by atoms with Crippen LogP contribution in [-0.4, -0.2) is 51.9 Å². The van der Waals surface area contributed by atoms with E-state index in [1.165, 1.54) is 6.20 Å². The minimum atomic E-state index is -1.36. The van der Waals surface area contributed by atoms with Crippen LogP contribution in [-0.2, 0) is 27.4 Å². The van der Waals surface area contributed by atoms with Gasteiger partial charge in [0.25, 0.3) is 0 Å². The number of nitrogens with one attached hydrogen (secondary N) is 2. The zero-order valence-electron chi connectivity index (χ0n) is 15.2. The number of carbonyl (C=O) groups is 3. The topological polar surface area (TPSA) is 138 Å². The molecule has 2 rings (SSSR count). The number of aliphatic hydroxyl groups excluding tert-OH is 1. The predicted octanol–water partition coefficient (Wildman–Crippen LogP) is 1.24. The number of aromatic nitrogens is 1. The van der Waals surface area contributed by atoms with Crippen LogP contribution in [0.25, 0.3) is 0 Å². The summed E-state index contributed by atoms with van der Waals surface area (Å²) in [6, 6.07) is 9.58. The van der Waals surface area contributed by atoms with E-state index in [2.05, 4.69) is 31.5 Å². The number of pyridine rings is 1. The van der Waals surface area contributed by atoms with Crippen LogP contribution in [0.15, 0.2) is 53.3 Å². The Morgan fingerprint density at radius 2 is 1.79 bits per heavy atom. The summed E-state index contributed by atoms with van der Waals surface area (Å²) >= 11 is 3.22. The van der Waals surface area contributed by atoms with Crippen LogP contribution in [0.2, 0.25) is 0 Å². The van der Waals surface area contributed by atoms with Crippen molar-refractivity contribution in [2.24, 2.45) is 0 Å². The molecule has 10 heteroatoms. The van der Waals surface area contributed by atoms with Gasteiger partial charge in [0.1, 0.15) is 23.3 Å². The Bertz CT molecular complexity index is 849. The normalized spacial score (nSPS) is 12.5. The molecule has 154 valence electrons. The van der Waals surface area contributed by atoms with Gasteiger partial charge in [0.2, 0.25) is 5.91 Å². The summed E-state index contributed by atoms with van der Waals surface area (Å²) in [5.41, 5.74) is 1.33. The molecule has 2 aromatic rings. The third kappa shape index (κ3) is 7.16. The molecule has 0 aliphatic rings. The van der Waals surface area contributed by atoms with Gasteiger partial charge in [0, 0.05) is 12.6 Å². The van der Waals surface area contributed by atoms with Gasteiger partial charge in [-0.05, 0) is 33.1 Å². The van der Waals surface area contributed by atoms with Gasteiger partial charge in [-0.1, -0.05) is 36.4 Å². The third-order valence-corrected chi connectivity index (χ3v) is 4.59. The molecule has 0 fully saturated rings. The van der Waals surface area contributed by atoms with E-state index >= 15 is 0 Å². The SMILES string of the molecule is O=C(N[C@@H](CO)C(=O)N[C@@H](Cc1cccnc1Br)C(=O)O)OCc1ccccc1. The first-order chi connectivity index (χ1) is 13.9. The van der Waals surface area contributed by atoms with E-state index in [0.717, 1.165) is 5.56 Å². The quantitative estimate of drug-likeness (QED) is 0.408. The first kappa shape index (κ1) is 22.3. The summed E-state index contributed by atoms with van der Waals surface area (Å²) in [6.45, 7) is -0.742. The molecule has 29 heavy (non-hydrogen) atoms. The maximum atomic E-state index is 12.3. The highest BCUT2D eigenvalue weighted by Crippen LogP contribution is 2.14. The van der Waals surface area contributed by atoms with Crippen molar-refractivity contribution in [1.82, 2.24) is 15.6 Å². The number of hydrogen-bond acceptors (Lipinski definition) is 6. The molecule has 0 bridgehead atoms. The fourth-order valence-electron chi connectivity index (χ4n) is 2.37. The second-order valence-electron chi connectivity index (χ2n) is 6.00. The zero-order chi connectivity index (χ0) is 21.2. The Morgan fingerprint density at radius 1 is 1.07 bits per heavy atom. The predicted molar refractivity (Wildman–Crippen MR) is 106 cm³/mol. The zero-order valence-corrected chi connectivity index (χ0v) is 16.8. The number of carboxylic acids is 1. The van der Waals surface area contributed by atoms with Crippen LogP contribution in [0.1, 0.15) is 11.1 Å². The Morgan fingerprint density at radius 3 is 2.41 bits per heavy atom. The number of nitrogens with zero attached hydrogens (tertiary/aromatic N) is 1. The van der Waals surface area contributed by atoms with Crippen molar-refractivity contribution in [1.29, 1.82) is 0 Å². The molecule has 0 aliphatic carbocycles. The average Bonchev–Trinajstić information content (AvgIpc) is 2.72. The summed E-state index contributed by atoms with van der Waals surface area (Å²) < 4.78 is 5.46. The van der Waals surface area contributed by atoms with Gasteiger partial charge in [0.05, 0.1) is 6.61 Å². The van der Waals surface area contributed by atoms with Crippen molar-refractivity contribution < 1.29 is 29.3 Å². The van der Waals surface area contributed by atoms with E-state index < -0.39 is 36.7 Å². The number of ether oxygens (including phenoxy) is 1. The van der Waals surface area contributed by atoms with E-state index in [9.17, 15) is 24.6 Å². The Labute approximate surface area is 175 Å². The number of benzene rings is 1. The van der Waals surface area contributed by atoms with Crippen LogP contribution in [0, 0.1) is 0 Å². The van der Waals surface area contributed by atoms with Gasteiger partial charge in [-0.3, -0.25) is 4.79 Å². The largest absolute Gasteiger partial charge is 0.480 e. The molecule has 0 unspecified atom stereocenters. The van der Waals surface area contributed by atoms with Gasteiger partial charge in [0.15, 0.2) is 0 Å². The number of carboxylic acid groups (broad SMARTS) is 1. The van der Waals surface area contributed by atoms with Gasteiger partial charge < -0.3 is 25.6 Å². The van der Waals surface area contributed by atoms with Crippen molar-refractivity contribution in [3.8, 4) is 0 Å². The minimum Gasteiger partial charge on any atom is -0.480 e. The van der Waals surface area contributed by atoms with Gasteiger partial charge in [-0.2, -0.15) is 0 Å². The number of aliphatic hydroxyl groups is 1. The van der Waals surface area contributed by atoms with Gasteiger partial charge in [-0.25, -0.2) is 14.6 Å². The molecule has 2 atom stereocenters. The monoisotopic (exact) mass is 465 g/mol. The number of alkyl carbamates (subject to hydrolysis) is 1. The van der Waals surface area contributed by atoms with Crippen molar-refractivity contribution in [2.75, 3.05) is 6.61 Å². The number of carbonyl (C=O) groups excluding carboxylic acids is 2. The number of amides is 2. The number of halogens is 1. The average molecular weight is 466 g/mol. The standard InChI is InChI=1S/C19H20BrN3O6/c20-16-13(7-4-8-21-16)9-14(18(26)27)22-17(25)15(10-24)23-19(28)29-11-12-5-2-1-3-6-12/h1-8,14-15,24H,9-11H2,(H,22,25)(H,23,28)(H,26,27)/t14-,15-/m0/s1. The maximum Gasteiger partial charge on any atom is 0.408 e. The second kappa shape index (κ2) is 11.1. The molecule has 4 N–H and O–H groups in total. The molecule has 0 saturated heterocycles. The van der Waals surface area contributed by atoms with Crippen molar-refractivity contribution in [2.45, 2.75) is 25.1 Å². The molecule has 1 aromatic carbocycles. The molecular weight excluding hydrogens is 446 g/mol. The summed E-state index contributed by atoms with van der Waals surface area (Å²) in [7, 11) is 0. The lowest BCUT2D eigenvalue weighted by Crippen LogP contribution is -2.53. The van der Waals surface area contributed by atoms with Crippen LogP contribution < -0.4 is 10.6 Å². The number of rotatable bonds is 9. The van der Waals surface area contributed by atoms with Crippen molar-refractivity contribution in [3.05, 3.63) is 64.4 Å². The third-order valence-electron chi connectivity index (χ3n) is 3.88. The van der Waals surface area contributed by atoms with E-state index in [0.29, 0.717) is 10.2 Å². The Hall–Kier alpha value is -2.98. The second-order valence-corrected chi connectivity index (χ2v) is 6.75. The lowest BCUT2D eigenvalue weighted by molar-refractivity contribution is -0.142.